The van der Waals surface area contributed by atoms with Gasteiger partial charge >= 0.3 is 17.9 Å². The van der Waals surface area contributed by atoms with Crippen molar-refractivity contribution < 1.29 is 96.8 Å². The van der Waals surface area contributed by atoms with Crippen molar-refractivity contribution in [3.63, 3.8) is 0 Å². The summed E-state index contributed by atoms with van der Waals surface area (Å²) in [7, 11) is 0. The van der Waals surface area contributed by atoms with Gasteiger partial charge in [0.1, 0.15) is 78.5 Å². The number of primary amides is 1. The van der Waals surface area contributed by atoms with E-state index < -0.39 is 229 Å². The molecule has 3 aliphatic heterocycles. The third-order valence-electron chi connectivity index (χ3n) is 18.8. The van der Waals surface area contributed by atoms with Gasteiger partial charge < -0.3 is 100 Å². The van der Waals surface area contributed by atoms with Crippen molar-refractivity contribution in [2.24, 2.45) is 52.7 Å². The number of carbonyl (C=O) groups excluding carboxylic acids is 14. The molecule has 604 valence electrons. The van der Waals surface area contributed by atoms with E-state index in [4.69, 9.17) is 17.2 Å². The van der Waals surface area contributed by atoms with Gasteiger partial charge in [-0.2, -0.15) is 0 Å². The van der Waals surface area contributed by atoms with Gasteiger partial charge in [-0.1, -0.05) is 83.1 Å². The lowest BCUT2D eigenvalue weighted by atomic mass is 9.98. The minimum absolute atomic E-state index is 0.0311. The molecule has 107 heavy (non-hydrogen) atoms. The predicted octanol–water partition coefficient (Wildman–Crippen LogP) is -1.92. The SMILES string of the molecule is CC(C)C[C@H](NC(=O)[C@@H]1CCCN1C(=O)[C@@H](NC(=O)[C@H](CC(C)C)NC(=O)[C@H](CC(=O)O)NC(=O)[C@H](CCC(N)=O)NC(=O)[C@H](CCCCN)NC(=O)[C@@H](NC(=O)[C@H](CC(C)C)NC(=O)[C@@H]1CCCN1C(=O)[C@@H](NC(=O)[C@@H]1CCCN1C(=O)[C@H](CCC(=O)O)NC(=O)[C@H](C)N)C(C)C)C(C)C)C(C)C)C(=O)O. The third kappa shape index (κ3) is 29.5. The van der Waals surface area contributed by atoms with E-state index in [2.05, 4.69) is 53.2 Å². The van der Waals surface area contributed by atoms with Crippen LogP contribution in [0.4, 0.5) is 0 Å². The first-order valence-corrected chi connectivity index (χ1v) is 37.4. The molecule has 0 aromatic heterocycles. The molecule has 0 aliphatic carbocycles. The van der Waals surface area contributed by atoms with Crippen LogP contribution in [0.5, 0.6) is 0 Å². The second-order valence-electron chi connectivity index (χ2n) is 30.5. The first-order valence-electron chi connectivity index (χ1n) is 37.4. The molecule has 3 rings (SSSR count). The Morgan fingerprint density at radius 3 is 1.15 bits per heavy atom. The largest absolute Gasteiger partial charge is 0.481 e. The number of hydrogen-bond acceptors (Lipinski definition) is 19. The van der Waals surface area contributed by atoms with E-state index in [0.29, 0.717) is 25.7 Å². The number of nitrogens with zero attached hydrogens (tertiary/aromatic N) is 3. The Hall–Kier alpha value is -9.09. The summed E-state index contributed by atoms with van der Waals surface area (Å²) in [5, 5.41) is 55.1. The topological polar surface area (TPSA) is 559 Å². The highest BCUT2D eigenvalue weighted by Gasteiger charge is 2.46. The van der Waals surface area contributed by atoms with Crippen molar-refractivity contribution in [2.75, 3.05) is 26.2 Å². The third-order valence-corrected chi connectivity index (χ3v) is 18.8. The number of nitrogens with one attached hydrogen (secondary N) is 10. The van der Waals surface area contributed by atoms with E-state index in [1.807, 2.05) is 0 Å². The molecule has 0 bridgehead atoms. The summed E-state index contributed by atoms with van der Waals surface area (Å²) >= 11 is 0. The number of nitrogens with two attached hydrogens (primary N) is 3. The number of carbonyl (C=O) groups is 17. The molecule has 3 saturated heterocycles. The summed E-state index contributed by atoms with van der Waals surface area (Å²) < 4.78 is 0. The molecule has 36 nitrogen and oxygen atoms in total. The van der Waals surface area contributed by atoms with E-state index in [1.54, 1.807) is 83.1 Å². The molecule has 0 radical (unpaired) electrons. The first kappa shape index (κ1) is 92.1. The standard InChI is InChI=1S/C71H120N16O20/c1-35(2)31-45(63(98)83-56(39(9)10)69(104)87-30-18-21-50(87)65(100)81-48(71(106)107)33-37(5)6)78-61(96)47(34-54(91)92)79-60(95)43(23-25-52(74)88)75-59(94)42(19-14-15-27-72)76-67(102)55(38(7)8)82-62(97)46(32-36(3)4)80-64(99)49-20-17-29-86(49)70(105)57(40(11)12)84-66(101)51-22-16-28-85(51)68(103)44(24-26-53(89)90)77-58(93)41(13)73/h35-51,55-57H,14-34,72-73H2,1-13H3,(H2,74,88)(H,75,94)(H,76,102)(H,77,93)(H,78,96)(H,79,95)(H,80,99)(H,81,100)(H,82,97)(H,83,98)(H,84,101)(H,89,90)(H,91,92)(H,106,107)/t41-,42-,43-,44-,45-,46-,47-,48-,49-,50-,51-,55-,56-,57-/m0/s1. The first-order chi connectivity index (χ1) is 50.0. The lowest BCUT2D eigenvalue weighted by molar-refractivity contribution is -0.146. The van der Waals surface area contributed by atoms with Crippen LogP contribution in [0.2, 0.25) is 0 Å². The highest BCUT2D eigenvalue weighted by atomic mass is 16.4. The fourth-order valence-corrected chi connectivity index (χ4v) is 13.0. The Balaban J connectivity index is 1.86. The smallest absolute Gasteiger partial charge is 0.326 e. The van der Waals surface area contributed by atoms with Crippen LogP contribution >= 0.6 is 0 Å². The van der Waals surface area contributed by atoms with Gasteiger partial charge in [0.2, 0.25) is 82.7 Å². The molecule has 14 amide bonds. The van der Waals surface area contributed by atoms with Gasteiger partial charge in [0, 0.05) is 32.5 Å². The number of carboxylic acid groups (broad SMARTS) is 3. The van der Waals surface area contributed by atoms with Crippen molar-refractivity contribution in [1.82, 2.24) is 67.9 Å². The van der Waals surface area contributed by atoms with E-state index >= 15 is 0 Å². The molecule has 36 heteroatoms. The van der Waals surface area contributed by atoms with Crippen molar-refractivity contribution in [1.29, 1.82) is 0 Å². The lowest BCUT2D eigenvalue weighted by Gasteiger charge is -2.33. The van der Waals surface area contributed by atoms with Gasteiger partial charge in [-0.05, 0) is 139 Å². The van der Waals surface area contributed by atoms with Gasteiger partial charge in [0.25, 0.3) is 0 Å². The number of amides is 14. The summed E-state index contributed by atoms with van der Waals surface area (Å²) in [4.78, 5) is 236. The highest BCUT2D eigenvalue weighted by molar-refractivity contribution is 6.01. The quantitative estimate of drug-likeness (QED) is 0.0296. The Kier molecular flexibility index (Phi) is 38.1. The van der Waals surface area contributed by atoms with Crippen LogP contribution in [-0.4, -0.2) is 241 Å². The van der Waals surface area contributed by atoms with Crippen LogP contribution in [0.1, 0.15) is 199 Å². The minimum atomic E-state index is -1.95. The maximum atomic E-state index is 14.6. The molecule has 14 atom stereocenters. The molecular weight excluding hydrogens is 1400 g/mol. The van der Waals surface area contributed by atoms with Gasteiger partial charge in [0.05, 0.1) is 12.5 Å². The van der Waals surface area contributed by atoms with E-state index in [0.717, 1.165) is 0 Å². The van der Waals surface area contributed by atoms with Crippen molar-refractivity contribution in [3.8, 4) is 0 Å². The zero-order chi connectivity index (χ0) is 81.0. The molecule has 3 fully saturated rings. The van der Waals surface area contributed by atoms with Gasteiger partial charge in [-0.3, -0.25) is 76.7 Å². The highest BCUT2D eigenvalue weighted by Crippen LogP contribution is 2.26. The van der Waals surface area contributed by atoms with Crippen LogP contribution in [0.15, 0.2) is 0 Å². The maximum absolute atomic E-state index is 14.6. The van der Waals surface area contributed by atoms with Crippen LogP contribution in [0.3, 0.4) is 0 Å². The number of aliphatic carboxylic acids is 3. The summed E-state index contributed by atoms with van der Waals surface area (Å²) in [6, 6.07) is -18.7. The second kappa shape index (κ2) is 44.3. The molecule has 19 N–H and O–H groups in total. The lowest BCUT2D eigenvalue weighted by Crippen LogP contribution is -2.62. The summed E-state index contributed by atoms with van der Waals surface area (Å²) in [5.74, 6) is -18.3. The Morgan fingerprint density at radius 1 is 0.374 bits per heavy atom. The molecular formula is C71H120N16O20. The van der Waals surface area contributed by atoms with Crippen LogP contribution in [0.25, 0.3) is 0 Å². The average molecular weight is 1520 g/mol. The van der Waals surface area contributed by atoms with E-state index in [1.165, 1.54) is 21.6 Å². The fraction of sp³-hybridized carbons (Fsp3) is 0.761. The summed E-state index contributed by atoms with van der Waals surface area (Å²) in [6.45, 7) is 22.2. The molecule has 0 aromatic carbocycles. The summed E-state index contributed by atoms with van der Waals surface area (Å²) in [6.07, 6.45) is -0.691. The summed E-state index contributed by atoms with van der Waals surface area (Å²) in [5.41, 5.74) is 17.0. The molecule has 0 unspecified atom stereocenters. The normalized spacial score (nSPS) is 18.9. The zero-order valence-corrected chi connectivity index (χ0v) is 64.3. The monoisotopic (exact) mass is 1520 g/mol. The van der Waals surface area contributed by atoms with Crippen LogP contribution < -0.4 is 70.4 Å². The van der Waals surface area contributed by atoms with Crippen LogP contribution in [-0.2, 0) is 81.5 Å². The molecule has 3 heterocycles. The number of hydrogen-bond donors (Lipinski definition) is 16. The van der Waals surface area contributed by atoms with E-state index in [-0.39, 0.29) is 102 Å². The number of likely N-dealkylation sites (tertiary alicyclic amines) is 3. The minimum Gasteiger partial charge on any atom is -0.481 e. The fourth-order valence-electron chi connectivity index (χ4n) is 13.0. The molecule has 0 saturated carbocycles. The zero-order valence-electron chi connectivity index (χ0n) is 64.3. The van der Waals surface area contributed by atoms with Crippen LogP contribution in [0, 0.1) is 35.5 Å². The Labute approximate surface area is 625 Å². The van der Waals surface area contributed by atoms with Crippen molar-refractivity contribution in [3.05, 3.63) is 0 Å². The Morgan fingerprint density at radius 2 is 0.729 bits per heavy atom. The van der Waals surface area contributed by atoms with Crippen molar-refractivity contribution in [2.45, 2.75) is 284 Å². The number of carboxylic acids is 3. The van der Waals surface area contributed by atoms with Crippen molar-refractivity contribution >= 4 is 101 Å². The number of unbranched alkanes of at least 4 members (excludes halogenated alkanes) is 1. The van der Waals surface area contributed by atoms with E-state index in [9.17, 15) is 96.8 Å². The molecule has 0 spiro atoms. The van der Waals surface area contributed by atoms with Gasteiger partial charge in [0.15, 0.2) is 0 Å². The molecule has 0 aromatic rings. The van der Waals surface area contributed by atoms with Gasteiger partial charge in [-0.25, -0.2) is 4.79 Å². The van der Waals surface area contributed by atoms with Gasteiger partial charge in [-0.15, -0.1) is 0 Å². The second-order valence-corrected chi connectivity index (χ2v) is 30.5. The number of rotatable bonds is 45. The Bertz CT molecular complexity index is 3150. The molecule has 3 aliphatic rings. The maximum Gasteiger partial charge on any atom is 0.326 e. The predicted molar refractivity (Wildman–Crippen MR) is 388 cm³/mol. The average Bonchev–Trinajstić information content (AvgIpc) is 1.71.